The van der Waals surface area contributed by atoms with E-state index in [0.29, 0.717) is 6.54 Å². The number of likely N-dealkylation sites (N-methyl/N-ethyl adjacent to an activating group) is 1. The van der Waals surface area contributed by atoms with E-state index in [1.807, 2.05) is 20.9 Å². The summed E-state index contributed by atoms with van der Waals surface area (Å²) in [5, 5.41) is 0. The first kappa shape index (κ1) is 11.3. The summed E-state index contributed by atoms with van der Waals surface area (Å²) >= 11 is 0. The van der Waals surface area contributed by atoms with Gasteiger partial charge in [0.2, 0.25) is 0 Å². The third kappa shape index (κ3) is 2.74. The summed E-state index contributed by atoms with van der Waals surface area (Å²) in [5.74, 6) is 0.225. The number of Topliss-reactive ketones (excluding diaryl/α,β-unsaturated/α-hetero) is 2. The number of hydrogen-bond acceptors (Lipinski definition) is 2. The Morgan fingerprint density at radius 2 is 1.67 bits per heavy atom. The first-order valence-corrected chi connectivity index (χ1v) is 4.12. The van der Waals surface area contributed by atoms with E-state index in [1.54, 1.807) is 13.8 Å². The quantitative estimate of drug-likeness (QED) is 0.618. The first-order chi connectivity index (χ1) is 5.28. The number of carbonyl (C=O) groups is 2. The van der Waals surface area contributed by atoms with Crippen LogP contribution in [0.4, 0.5) is 0 Å². The average Bonchev–Trinajstić information content (AvgIpc) is 1.85. The fraction of sp³-hybridized carbons (Fsp3) is 0.778. The molecule has 3 heteroatoms. The monoisotopic (exact) mass is 172 g/mol. The highest BCUT2D eigenvalue weighted by Gasteiger charge is 2.33. The van der Waals surface area contributed by atoms with Crippen molar-refractivity contribution in [2.24, 2.45) is 0 Å². The third-order valence-corrected chi connectivity index (χ3v) is 2.46. The molecule has 1 unspecified atom stereocenters. The molecule has 0 aromatic rings. The van der Waals surface area contributed by atoms with Gasteiger partial charge in [-0.2, -0.15) is 0 Å². The van der Waals surface area contributed by atoms with Crippen LogP contribution in [0, 0.1) is 0 Å². The van der Waals surface area contributed by atoms with Crippen molar-refractivity contribution in [3.05, 3.63) is 0 Å². The van der Waals surface area contributed by atoms with Crippen molar-refractivity contribution in [3.8, 4) is 0 Å². The molecule has 0 amide bonds. The first-order valence-electron chi connectivity index (χ1n) is 4.12. The summed E-state index contributed by atoms with van der Waals surface area (Å²) < 4.78 is 0. The zero-order chi connectivity index (χ0) is 9.94. The van der Waals surface area contributed by atoms with Crippen LogP contribution in [0.3, 0.4) is 0 Å². The van der Waals surface area contributed by atoms with Crippen molar-refractivity contribution in [2.45, 2.75) is 33.2 Å². The van der Waals surface area contributed by atoms with E-state index in [-0.39, 0.29) is 11.6 Å². The molecule has 0 radical (unpaired) electrons. The van der Waals surface area contributed by atoms with Gasteiger partial charge in [-0.25, -0.2) is 0 Å². The molecule has 0 aromatic heterocycles. The highest BCUT2D eigenvalue weighted by atomic mass is 16.1. The Labute approximate surface area is 73.7 Å². The zero-order valence-electron chi connectivity index (χ0n) is 8.52. The van der Waals surface area contributed by atoms with E-state index in [4.69, 9.17) is 0 Å². The fourth-order valence-electron chi connectivity index (χ4n) is 0.895. The van der Waals surface area contributed by atoms with Gasteiger partial charge >= 0.3 is 0 Å². The molecular formula is C9H18NO2+. The van der Waals surface area contributed by atoms with Crippen LogP contribution < -0.4 is 4.90 Å². The lowest BCUT2D eigenvalue weighted by atomic mass is 9.98. The van der Waals surface area contributed by atoms with Gasteiger partial charge in [0.05, 0.1) is 7.05 Å². The van der Waals surface area contributed by atoms with Crippen molar-refractivity contribution < 1.29 is 14.5 Å². The maximum atomic E-state index is 11.2. The molecule has 0 aliphatic rings. The summed E-state index contributed by atoms with van der Waals surface area (Å²) in [6.45, 7) is 7.22. The Hall–Kier alpha value is -0.700. The summed E-state index contributed by atoms with van der Waals surface area (Å²) in [6.07, 6.45) is 0. The second-order valence-electron chi connectivity index (χ2n) is 3.84. The number of carbonyl (C=O) groups excluding carboxylic acids is 2. The molecule has 3 nitrogen and oxygen atoms in total. The highest BCUT2D eigenvalue weighted by Crippen LogP contribution is 1.96. The maximum Gasteiger partial charge on any atom is 0.189 e. The van der Waals surface area contributed by atoms with E-state index in [9.17, 15) is 9.59 Å². The Balaban J connectivity index is 4.35. The lowest BCUT2D eigenvalue weighted by Crippen LogP contribution is -3.18. The number of ketones is 2. The highest BCUT2D eigenvalue weighted by molar-refractivity contribution is 5.84. The molecular weight excluding hydrogens is 154 g/mol. The molecule has 0 heterocycles. The second kappa shape index (κ2) is 3.81. The summed E-state index contributed by atoms with van der Waals surface area (Å²) in [5.41, 5.74) is -0.453. The Morgan fingerprint density at radius 3 is 1.92 bits per heavy atom. The average molecular weight is 172 g/mol. The van der Waals surface area contributed by atoms with Gasteiger partial charge in [0.25, 0.3) is 0 Å². The van der Waals surface area contributed by atoms with Gasteiger partial charge in [-0.15, -0.1) is 0 Å². The van der Waals surface area contributed by atoms with Crippen molar-refractivity contribution >= 4 is 11.6 Å². The molecule has 0 spiro atoms. The summed E-state index contributed by atoms with van der Waals surface area (Å²) in [7, 11) is 1.86. The number of hydrogen-bond donors (Lipinski definition) is 1. The van der Waals surface area contributed by atoms with Crippen molar-refractivity contribution in [1.29, 1.82) is 0 Å². The van der Waals surface area contributed by atoms with E-state index >= 15 is 0 Å². The van der Waals surface area contributed by atoms with Gasteiger partial charge in [-0.05, 0) is 13.8 Å². The van der Waals surface area contributed by atoms with E-state index in [0.717, 1.165) is 4.90 Å². The van der Waals surface area contributed by atoms with Crippen LogP contribution in [0.15, 0.2) is 0 Å². The SMILES string of the molecule is CC(=O)C[NH+](C)C(C)(C)C(C)=O. The van der Waals surface area contributed by atoms with Crippen LogP contribution >= 0.6 is 0 Å². The number of quaternary nitrogens is 1. The van der Waals surface area contributed by atoms with Crippen molar-refractivity contribution in [3.63, 3.8) is 0 Å². The third-order valence-electron chi connectivity index (χ3n) is 2.46. The van der Waals surface area contributed by atoms with Gasteiger partial charge in [0.1, 0.15) is 6.54 Å². The van der Waals surface area contributed by atoms with E-state index in [1.165, 1.54) is 0 Å². The molecule has 0 saturated carbocycles. The summed E-state index contributed by atoms with van der Waals surface area (Å²) in [4.78, 5) is 22.9. The standard InChI is InChI=1S/C9H17NO2/c1-7(11)6-10(5)9(3,4)8(2)12/h6H2,1-5H3/p+1. The minimum absolute atomic E-state index is 0.112. The van der Waals surface area contributed by atoms with Crippen LogP contribution in [0.2, 0.25) is 0 Å². The predicted octanol–water partition coefficient (Wildman–Crippen LogP) is -0.542. The van der Waals surface area contributed by atoms with Gasteiger partial charge < -0.3 is 4.90 Å². The lowest BCUT2D eigenvalue weighted by molar-refractivity contribution is -0.910. The molecule has 1 N–H and O–H groups in total. The second-order valence-corrected chi connectivity index (χ2v) is 3.84. The molecule has 0 bridgehead atoms. The van der Waals surface area contributed by atoms with E-state index < -0.39 is 5.54 Å². The zero-order valence-corrected chi connectivity index (χ0v) is 8.52. The molecule has 70 valence electrons. The molecule has 0 aliphatic heterocycles. The van der Waals surface area contributed by atoms with Crippen molar-refractivity contribution in [1.82, 2.24) is 0 Å². The number of nitrogens with one attached hydrogen (secondary N) is 1. The van der Waals surface area contributed by atoms with Crippen molar-refractivity contribution in [2.75, 3.05) is 13.6 Å². The normalized spacial score (nSPS) is 14.1. The Kier molecular flexibility index (Phi) is 3.58. The number of rotatable bonds is 4. The van der Waals surface area contributed by atoms with Gasteiger partial charge in [-0.3, -0.25) is 9.59 Å². The minimum Gasteiger partial charge on any atom is -0.321 e. The Morgan fingerprint density at radius 1 is 1.25 bits per heavy atom. The Bertz CT molecular complexity index is 197. The molecule has 12 heavy (non-hydrogen) atoms. The van der Waals surface area contributed by atoms with Gasteiger partial charge in [0.15, 0.2) is 17.1 Å². The maximum absolute atomic E-state index is 11.2. The van der Waals surface area contributed by atoms with Crippen LogP contribution in [0.25, 0.3) is 0 Å². The largest absolute Gasteiger partial charge is 0.321 e. The molecule has 0 fully saturated rings. The summed E-state index contributed by atoms with van der Waals surface area (Å²) in [6, 6.07) is 0. The van der Waals surface area contributed by atoms with Crippen LogP contribution in [0.5, 0.6) is 0 Å². The van der Waals surface area contributed by atoms with Gasteiger partial charge in [-0.1, -0.05) is 0 Å². The minimum atomic E-state index is -0.453. The fourth-order valence-corrected chi connectivity index (χ4v) is 0.895. The van der Waals surface area contributed by atoms with Gasteiger partial charge in [0, 0.05) is 13.8 Å². The van der Waals surface area contributed by atoms with Crippen LogP contribution in [-0.2, 0) is 9.59 Å². The van der Waals surface area contributed by atoms with Crippen LogP contribution in [-0.4, -0.2) is 30.7 Å². The smallest absolute Gasteiger partial charge is 0.189 e. The molecule has 0 rings (SSSR count). The lowest BCUT2D eigenvalue weighted by Gasteiger charge is -2.28. The molecule has 0 saturated heterocycles. The van der Waals surface area contributed by atoms with Crippen LogP contribution in [0.1, 0.15) is 27.7 Å². The molecule has 1 atom stereocenters. The molecule has 0 aliphatic carbocycles. The predicted molar refractivity (Wildman–Crippen MR) is 47.2 cm³/mol. The topological polar surface area (TPSA) is 38.6 Å². The molecule has 0 aromatic carbocycles. The van der Waals surface area contributed by atoms with E-state index in [2.05, 4.69) is 0 Å².